The van der Waals surface area contributed by atoms with E-state index in [1.165, 1.54) is 12.0 Å². The first-order valence-corrected chi connectivity index (χ1v) is 7.19. The Morgan fingerprint density at radius 3 is 2.37 bits per heavy atom. The zero-order valence-electron chi connectivity index (χ0n) is 11.8. The lowest BCUT2D eigenvalue weighted by Gasteiger charge is -2.24. The molecule has 2 heteroatoms. The molecule has 0 aliphatic carbocycles. The highest BCUT2D eigenvalue weighted by Crippen LogP contribution is 2.25. The fourth-order valence-electron chi connectivity index (χ4n) is 2.45. The van der Waals surface area contributed by atoms with Crippen LogP contribution in [0.15, 0.2) is 53.1 Å². The minimum atomic E-state index is 0.284. The molecule has 19 heavy (non-hydrogen) atoms. The Morgan fingerprint density at radius 1 is 1.00 bits per heavy atom. The Kier molecular flexibility index (Phi) is 5.22. The van der Waals surface area contributed by atoms with Gasteiger partial charge >= 0.3 is 0 Å². The van der Waals surface area contributed by atoms with Crippen LogP contribution in [-0.2, 0) is 0 Å². The third-order valence-electron chi connectivity index (χ3n) is 3.48. The minimum absolute atomic E-state index is 0.284. The predicted octanol–water partition coefficient (Wildman–Crippen LogP) is 4.86. The first-order valence-electron chi connectivity index (χ1n) is 7.19. The van der Waals surface area contributed by atoms with Crippen molar-refractivity contribution in [3.8, 4) is 0 Å². The Balaban J connectivity index is 2.12. The van der Waals surface area contributed by atoms with E-state index in [1.807, 2.05) is 6.07 Å². The Bertz CT molecular complexity index is 449. The van der Waals surface area contributed by atoms with Crippen molar-refractivity contribution in [2.75, 3.05) is 0 Å². The standard InChI is InChI=1S/C17H23NO/c1-3-9-16(14-10-6-5-7-11-14)18-15(4-2)17-12-8-13-19-17/h5-8,10-13,15-16,18H,3-4,9H2,1-2H3. The fraction of sp³-hybridized carbons (Fsp3) is 0.412. The van der Waals surface area contributed by atoms with Crippen LogP contribution in [0.5, 0.6) is 0 Å². The largest absolute Gasteiger partial charge is 0.468 e. The molecule has 0 amide bonds. The molecule has 0 aliphatic heterocycles. The number of benzene rings is 1. The lowest BCUT2D eigenvalue weighted by Crippen LogP contribution is -2.26. The fourth-order valence-corrected chi connectivity index (χ4v) is 2.45. The molecule has 0 fully saturated rings. The monoisotopic (exact) mass is 257 g/mol. The van der Waals surface area contributed by atoms with Gasteiger partial charge in [0.15, 0.2) is 0 Å². The molecule has 2 rings (SSSR count). The Morgan fingerprint density at radius 2 is 1.79 bits per heavy atom. The molecule has 1 N–H and O–H groups in total. The number of furan rings is 1. The normalized spacial score (nSPS) is 14.2. The quantitative estimate of drug-likeness (QED) is 0.766. The molecular weight excluding hydrogens is 234 g/mol. The predicted molar refractivity (Wildman–Crippen MR) is 79.0 cm³/mol. The first-order chi connectivity index (χ1) is 9.35. The van der Waals surface area contributed by atoms with Gasteiger partial charge in [-0.25, -0.2) is 0 Å². The summed E-state index contributed by atoms with van der Waals surface area (Å²) in [5.41, 5.74) is 1.36. The van der Waals surface area contributed by atoms with Crippen molar-refractivity contribution in [1.29, 1.82) is 0 Å². The van der Waals surface area contributed by atoms with E-state index in [9.17, 15) is 0 Å². The van der Waals surface area contributed by atoms with Crippen LogP contribution in [0.2, 0.25) is 0 Å². The molecule has 0 saturated heterocycles. The molecule has 2 atom stereocenters. The minimum Gasteiger partial charge on any atom is -0.468 e. The molecule has 102 valence electrons. The van der Waals surface area contributed by atoms with Crippen LogP contribution in [0.4, 0.5) is 0 Å². The maximum absolute atomic E-state index is 5.54. The molecule has 1 aromatic heterocycles. The van der Waals surface area contributed by atoms with Crippen molar-refractivity contribution in [1.82, 2.24) is 5.32 Å². The molecular formula is C17H23NO. The number of hydrogen-bond donors (Lipinski definition) is 1. The lowest BCUT2D eigenvalue weighted by molar-refractivity contribution is 0.355. The van der Waals surface area contributed by atoms with Gasteiger partial charge in [0.1, 0.15) is 5.76 Å². The van der Waals surface area contributed by atoms with Crippen molar-refractivity contribution < 1.29 is 4.42 Å². The van der Waals surface area contributed by atoms with Crippen LogP contribution < -0.4 is 5.32 Å². The van der Waals surface area contributed by atoms with Gasteiger partial charge in [-0.15, -0.1) is 0 Å². The van der Waals surface area contributed by atoms with Gasteiger partial charge in [0.05, 0.1) is 12.3 Å². The Hall–Kier alpha value is -1.54. The van der Waals surface area contributed by atoms with E-state index < -0.39 is 0 Å². The van der Waals surface area contributed by atoms with E-state index in [2.05, 4.69) is 55.6 Å². The molecule has 1 heterocycles. The van der Waals surface area contributed by atoms with Crippen molar-refractivity contribution >= 4 is 0 Å². The van der Waals surface area contributed by atoms with Crippen molar-refractivity contribution in [2.45, 2.75) is 45.2 Å². The highest BCUT2D eigenvalue weighted by Gasteiger charge is 2.18. The summed E-state index contributed by atoms with van der Waals surface area (Å²) < 4.78 is 5.54. The van der Waals surface area contributed by atoms with Gasteiger partial charge in [-0.1, -0.05) is 50.6 Å². The zero-order valence-corrected chi connectivity index (χ0v) is 11.8. The summed E-state index contributed by atoms with van der Waals surface area (Å²) in [5, 5.41) is 3.73. The second-order valence-electron chi connectivity index (χ2n) is 4.89. The SMILES string of the molecule is CCCC(NC(CC)c1ccco1)c1ccccc1. The summed E-state index contributed by atoms with van der Waals surface area (Å²) in [6, 6.07) is 15.3. The molecule has 0 bridgehead atoms. The van der Waals surface area contributed by atoms with Crippen molar-refractivity contribution in [3.63, 3.8) is 0 Å². The van der Waals surface area contributed by atoms with E-state index in [4.69, 9.17) is 4.42 Å². The van der Waals surface area contributed by atoms with Gasteiger partial charge in [0.2, 0.25) is 0 Å². The number of rotatable bonds is 7. The van der Waals surface area contributed by atoms with Crippen molar-refractivity contribution in [3.05, 3.63) is 60.1 Å². The summed E-state index contributed by atoms with van der Waals surface area (Å²) in [6.45, 7) is 4.42. The molecule has 0 spiro atoms. The first kappa shape index (κ1) is 13.9. The second kappa shape index (κ2) is 7.15. The van der Waals surface area contributed by atoms with Crippen molar-refractivity contribution in [2.24, 2.45) is 0 Å². The smallest absolute Gasteiger partial charge is 0.120 e. The second-order valence-corrected chi connectivity index (χ2v) is 4.89. The van der Waals surface area contributed by atoms with Gasteiger partial charge < -0.3 is 9.73 Å². The van der Waals surface area contributed by atoms with Crippen LogP contribution in [0.25, 0.3) is 0 Å². The summed E-state index contributed by atoms with van der Waals surface area (Å²) in [6.07, 6.45) is 5.08. The summed E-state index contributed by atoms with van der Waals surface area (Å²) in [4.78, 5) is 0. The van der Waals surface area contributed by atoms with Crippen LogP contribution in [-0.4, -0.2) is 0 Å². The highest BCUT2D eigenvalue weighted by atomic mass is 16.3. The zero-order chi connectivity index (χ0) is 13.5. The van der Waals surface area contributed by atoms with Gasteiger partial charge in [-0.3, -0.25) is 0 Å². The molecule has 2 aromatic rings. The molecule has 0 aliphatic rings. The molecule has 0 radical (unpaired) electrons. The maximum atomic E-state index is 5.54. The van der Waals surface area contributed by atoms with E-state index >= 15 is 0 Å². The average molecular weight is 257 g/mol. The molecule has 2 unspecified atom stereocenters. The van der Waals surface area contributed by atoms with E-state index in [0.717, 1.165) is 18.6 Å². The van der Waals surface area contributed by atoms with Crippen LogP contribution in [0.3, 0.4) is 0 Å². The maximum Gasteiger partial charge on any atom is 0.120 e. The Labute approximate surface area is 115 Å². The number of nitrogens with one attached hydrogen (secondary N) is 1. The van der Waals surface area contributed by atoms with Gasteiger partial charge in [-0.2, -0.15) is 0 Å². The number of hydrogen-bond acceptors (Lipinski definition) is 2. The summed E-state index contributed by atoms with van der Waals surface area (Å²) >= 11 is 0. The topological polar surface area (TPSA) is 25.2 Å². The molecule has 1 aromatic carbocycles. The van der Waals surface area contributed by atoms with Crippen LogP contribution in [0.1, 0.15) is 56.5 Å². The van der Waals surface area contributed by atoms with Gasteiger partial charge in [0, 0.05) is 6.04 Å². The average Bonchev–Trinajstić information content (AvgIpc) is 2.98. The molecule has 0 saturated carbocycles. The van der Waals surface area contributed by atoms with E-state index in [1.54, 1.807) is 6.26 Å². The van der Waals surface area contributed by atoms with Gasteiger partial charge in [0.25, 0.3) is 0 Å². The third kappa shape index (κ3) is 3.71. The van der Waals surface area contributed by atoms with Crippen LogP contribution in [0, 0.1) is 0 Å². The summed E-state index contributed by atoms with van der Waals surface area (Å²) in [5.74, 6) is 1.03. The van der Waals surface area contributed by atoms with E-state index in [0.29, 0.717) is 6.04 Å². The lowest BCUT2D eigenvalue weighted by atomic mass is 10.00. The molecule has 2 nitrogen and oxygen atoms in total. The van der Waals surface area contributed by atoms with Crippen LogP contribution >= 0.6 is 0 Å². The third-order valence-corrected chi connectivity index (χ3v) is 3.48. The summed E-state index contributed by atoms with van der Waals surface area (Å²) in [7, 11) is 0. The van der Waals surface area contributed by atoms with E-state index in [-0.39, 0.29) is 6.04 Å². The highest BCUT2D eigenvalue weighted by molar-refractivity contribution is 5.19. The van der Waals surface area contributed by atoms with Gasteiger partial charge in [-0.05, 0) is 30.5 Å².